The molecule has 0 amide bonds. The number of ether oxygens (including phenoxy) is 2. The van der Waals surface area contributed by atoms with Crippen LogP contribution in [0, 0.1) is 20.0 Å². The third-order valence-electron chi connectivity index (χ3n) is 1.29. The summed E-state index contributed by atoms with van der Waals surface area (Å²) in [5.74, 6) is 1.54. The maximum atomic E-state index is 7.50. The number of hydrogen-bond acceptors (Lipinski definition) is 2. The van der Waals surface area contributed by atoms with Gasteiger partial charge in [-0.2, -0.15) is 0 Å². The molecule has 6 heteroatoms. The molecule has 0 unspecified atom stereocenters. The molecule has 0 N–H and O–H groups in total. The molecule has 0 aliphatic carbocycles. The summed E-state index contributed by atoms with van der Waals surface area (Å²) < 4.78 is 32.5. The van der Waals surface area contributed by atoms with E-state index in [1.807, 2.05) is 24.3 Å². The molecule has 0 heterocycles. The van der Waals surface area contributed by atoms with Crippen LogP contribution in [0.3, 0.4) is 0 Å². The molecule has 90 valence electrons. The van der Waals surface area contributed by atoms with Crippen molar-refractivity contribution in [3.05, 3.63) is 44.2 Å². The van der Waals surface area contributed by atoms with Gasteiger partial charge in [0.2, 0.25) is 0 Å². The maximum Gasteiger partial charge on any atom is 0 e. The fraction of sp³-hybridized carbons (Fsp3) is 0.182. The molecule has 17 heavy (non-hydrogen) atoms. The summed E-state index contributed by atoms with van der Waals surface area (Å²) in [6.07, 6.45) is 0. The van der Waals surface area contributed by atoms with Crippen LogP contribution >= 0.6 is 0 Å². The van der Waals surface area contributed by atoms with Crippen LogP contribution in [0.4, 0.5) is 0 Å². The predicted molar refractivity (Wildman–Crippen MR) is 51.3 cm³/mol. The first-order valence-corrected chi connectivity index (χ1v) is 3.66. The number of hydrogen-bond donors (Lipinski definition) is 0. The number of methoxy groups -OCH3 is 2. The second kappa shape index (κ2) is 24.0. The van der Waals surface area contributed by atoms with Gasteiger partial charge in [-0.25, -0.2) is 0 Å². The molecule has 0 aliphatic heterocycles. The van der Waals surface area contributed by atoms with Crippen LogP contribution in [0.15, 0.2) is 24.3 Å². The number of benzene rings is 1. The second-order valence-corrected chi connectivity index (χ2v) is 1.85. The van der Waals surface area contributed by atoms with E-state index in [-0.39, 0.29) is 17.4 Å². The summed E-state index contributed by atoms with van der Waals surface area (Å²) in [5.41, 5.74) is 0. The Balaban J connectivity index is -0.000000106. The smallest absolute Gasteiger partial charge is 0 e. The van der Waals surface area contributed by atoms with E-state index in [1.165, 1.54) is 0 Å². The van der Waals surface area contributed by atoms with Gasteiger partial charge in [-0.1, -0.05) is 12.1 Å². The summed E-state index contributed by atoms with van der Waals surface area (Å²) in [5, 5.41) is 0. The van der Waals surface area contributed by atoms with Crippen molar-refractivity contribution in [2.45, 2.75) is 0 Å². The molecule has 5 nitrogen and oxygen atoms in total. The Bertz CT molecular complexity index is 282. The Morgan fingerprint density at radius 1 is 0.765 bits per heavy atom. The van der Waals surface area contributed by atoms with Gasteiger partial charge < -0.3 is 9.47 Å². The molecule has 1 aromatic carbocycles. The summed E-state index contributed by atoms with van der Waals surface area (Å²) in [7, 11) is 3.25. The van der Waals surface area contributed by atoms with Crippen LogP contribution in [0.2, 0.25) is 0 Å². The van der Waals surface area contributed by atoms with E-state index < -0.39 is 0 Å². The molecule has 0 aromatic heterocycles. The quantitative estimate of drug-likeness (QED) is 0.606. The normalized spacial score (nSPS) is 5.65. The van der Waals surface area contributed by atoms with E-state index in [0.717, 1.165) is 11.5 Å². The van der Waals surface area contributed by atoms with Crippen molar-refractivity contribution >= 4 is 0 Å². The molecule has 0 atom stereocenters. The minimum absolute atomic E-state index is 0. The van der Waals surface area contributed by atoms with Crippen LogP contribution in [0.5, 0.6) is 11.5 Å². The van der Waals surface area contributed by atoms with Crippen LogP contribution < -0.4 is 9.47 Å². The largest absolute Gasteiger partial charge is 0 e. The fourth-order valence-electron chi connectivity index (χ4n) is 0.787. The van der Waals surface area contributed by atoms with E-state index in [9.17, 15) is 0 Å². The van der Waals surface area contributed by atoms with Crippen molar-refractivity contribution < 1.29 is 40.8 Å². The third-order valence-corrected chi connectivity index (χ3v) is 1.29. The fourth-order valence-corrected chi connectivity index (χ4v) is 0.787. The molecular formula is C11H10CrO5. The summed E-state index contributed by atoms with van der Waals surface area (Å²) in [4.78, 5) is 0. The Kier molecular flexibility index (Phi) is 34.9. The molecule has 0 fully saturated rings. The van der Waals surface area contributed by atoms with Gasteiger partial charge in [0.15, 0.2) is 11.5 Å². The van der Waals surface area contributed by atoms with Gasteiger partial charge in [0.1, 0.15) is 0 Å². The van der Waals surface area contributed by atoms with Crippen LogP contribution in [0.25, 0.3) is 0 Å². The van der Waals surface area contributed by atoms with Gasteiger partial charge in [-0.3, -0.25) is 0 Å². The average molecular weight is 274 g/mol. The van der Waals surface area contributed by atoms with Gasteiger partial charge in [-0.15, -0.1) is 0 Å². The van der Waals surface area contributed by atoms with E-state index >= 15 is 0 Å². The monoisotopic (exact) mass is 274 g/mol. The van der Waals surface area contributed by atoms with Crippen molar-refractivity contribution in [3.63, 3.8) is 0 Å². The maximum absolute atomic E-state index is 7.50. The molecular weight excluding hydrogens is 264 g/mol. The van der Waals surface area contributed by atoms with Gasteiger partial charge >= 0.3 is 33.9 Å². The van der Waals surface area contributed by atoms with E-state index in [2.05, 4.69) is 20.0 Å². The van der Waals surface area contributed by atoms with Gasteiger partial charge in [0.05, 0.1) is 14.2 Å². The van der Waals surface area contributed by atoms with E-state index in [0.29, 0.717) is 0 Å². The first kappa shape index (κ1) is 24.7. The molecule has 0 saturated carbocycles. The van der Waals surface area contributed by atoms with Crippen molar-refractivity contribution in [1.82, 2.24) is 0 Å². The average Bonchev–Trinajstić information content (AvgIpc) is 2.45. The Hall–Kier alpha value is -1.43. The molecule has 0 bridgehead atoms. The second-order valence-electron chi connectivity index (χ2n) is 1.85. The van der Waals surface area contributed by atoms with Crippen molar-refractivity contribution in [3.8, 4) is 11.5 Å². The van der Waals surface area contributed by atoms with Crippen molar-refractivity contribution in [2.24, 2.45) is 0 Å². The Morgan fingerprint density at radius 2 is 1.00 bits per heavy atom. The van der Waals surface area contributed by atoms with Gasteiger partial charge in [0, 0.05) is 17.4 Å². The zero-order chi connectivity index (χ0) is 13.4. The first-order valence-electron chi connectivity index (χ1n) is 3.66. The van der Waals surface area contributed by atoms with Gasteiger partial charge in [-0.05, 0) is 12.1 Å². The van der Waals surface area contributed by atoms with E-state index in [1.54, 1.807) is 14.2 Å². The minimum Gasteiger partial charge on any atom is 0 e. The molecule has 0 aliphatic rings. The van der Waals surface area contributed by atoms with Crippen LogP contribution in [-0.4, -0.2) is 14.2 Å². The van der Waals surface area contributed by atoms with Crippen molar-refractivity contribution in [2.75, 3.05) is 14.2 Å². The summed E-state index contributed by atoms with van der Waals surface area (Å²) in [6, 6.07) is 7.53. The van der Waals surface area contributed by atoms with Gasteiger partial charge in [0.25, 0.3) is 0 Å². The Morgan fingerprint density at radius 3 is 1.18 bits per heavy atom. The number of para-hydroxylation sites is 2. The zero-order valence-corrected chi connectivity index (χ0v) is 10.5. The molecule has 1 rings (SSSR count). The zero-order valence-electron chi connectivity index (χ0n) is 9.26. The van der Waals surface area contributed by atoms with E-state index in [4.69, 9.17) is 23.4 Å². The Labute approximate surface area is 111 Å². The summed E-state index contributed by atoms with van der Waals surface area (Å²) in [6.45, 7) is 13.5. The minimum atomic E-state index is 0. The SMILES string of the molecule is COc1ccccc1OC.[C-]#[O+].[C-]#[O+].[C-]#[O+].[Cr]. The standard InChI is InChI=1S/C8H10O2.3CO.Cr/c1-9-7-5-3-4-6-8(7)10-2;3*1-2;/h3-6H,1-2H3;;;;. The third kappa shape index (κ3) is 12.5. The molecule has 0 saturated heterocycles. The number of rotatable bonds is 2. The predicted octanol–water partition coefficient (Wildman–Crippen LogP) is 1.59. The molecule has 0 spiro atoms. The topological polar surface area (TPSA) is 78.2 Å². The first-order chi connectivity index (χ1) is 7.88. The van der Waals surface area contributed by atoms with Crippen LogP contribution in [-0.2, 0) is 31.3 Å². The van der Waals surface area contributed by atoms with Crippen molar-refractivity contribution in [1.29, 1.82) is 0 Å². The molecule has 0 radical (unpaired) electrons. The summed E-state index contributed by atoms with van der Waals surface area (Å²) >= 11 is 0. The molecule has 1 aromatic rings. The van der Waals surface area contributed by atoms with Crippen LogP contribution in [0.1, 0.15) is 0 Å².